The van der Waals surface area contributed by atoms with E-state index in [-0.39, 0.29) is 6.10 Å². The summed E-state index contributed by atoms with van der Waals surface area (Å²) in [6.45, 7) is 5.55. The van der Waals surface area contributed by atoms with Crippen molar-refractivity contribution < 1.29 is 9.47 Å². The Morgan fingerprint density at radius 1 is 1.53 bits per heavy atom. The van der Waals surface area contributed by atoms with Crippen LogP contribution in [0.15, 0.2) is 36.9 Å². The molecule has 0 aliphatic carbocycles. The van der Waals surface area contributed by atoms with Crippen LogP contribution in [-0.4, -0.2) is 25.9 Å². The number of hydrogen-bond acceptors (Lipinski definition) is 3. The fourth-order valence-corrected chi connectivity index (χ4v) is 1.54. The van der Waals surface area contributed by atoms with E-state index in [1.54, 1.807) is 6.08 Å². The first-order chi connectivity index (χ1) is 7.40. The quantitative estimate of drug-likeness (QED) is 0.603. The minimum atomic E-state index is 0.0832. The predicted octanol–water partition coefficient (Wildman–Crippen LogP) is 2.06. The van der Waals surface area contributed by atoms with Crippen molar-refractivity contribution in [1.29, 1.82) is 0 Å². The Kier molecular flexibility index (Phi) is 3.25. The Morgan fingerprint density at radius 3 is 3.27 bits per heavy atom. The van der Waals surface area contributed by atoms with Crippen LogP contribution in [0.25, 0.3) is 0 Å². The Hall–Kier alpha value is -1.48. The van der Waals surface area contributed by atoms with E-state index in [0.717, 1.165) is 18.0 Å². The lowest BCUT2D eigenvalue weighted by Crippen LogP contribution is -2.34. The molecule has 0 aromatic heterocycles. The number of nitrogens with one attached hydrogen (secondary N) is 1. The van der Waals surface area contributed by atoms with E-state index in [4.69, 9.17) is 9.47 Å². The third-order valence-corrected chi connectivity index (χ3v) is 2.24. The molecule has 0 spiro atoms. The van der Waals surface area contributed by atoms with Crippen LogP contribution in [0, 0.1) is 0 Å². The van der Waals surface area contributed by atoms with Crippen molar-refractivity contribution in [1.82, 2.24) is 0 Å². The molecule has 1 aromatic rings. The molecule has 15 heavy (non-hydrogen) atoms. The lowest BCUT2D eigenvalue weighted by Gasteiger charge is -2.26. The van der Waals surface area contributed by atoms with Crippen molar-refractivity contribution in [3.8, 4) is 5.75 Å². The van der Waals surface area contributed by atoms with E-state index in [1.165, 1.54) is 0 Å². The molecule has 0 saturated heterocycles. The van der Waals surface area contributed by atoms with Gasteiger partial charge in [0.15, 0.2) is 0 Å². The van der Waals surface area contributed by atoms with Gasteiger partial charge in [0.05, 0.1) is 25.4 Å². The summed E-state index contributed by atoms with van der Waals surface area (Å²) in [5.41, 5.74) is 1.05. The first-order valence-corrected chi connectivity index (χ1v) is 5.08. The molecule has 0 unspecified atom stereocenters. The molecule has 0 amide bonds. The smallest absolute Gasteiger partial charge is 0.143 e. The van der Waals surface area contributed by atoms with Gasteiger partial charge >= 0.3 is 0 Å². The molecule has 0 fully saturated rings. The minimum Gasteiger partial charge on any atom is -0.484 e. The largest absolute Gasteiger partial charge is 0.484 e. The third kappa shape index (κ3) is 2.50. The average Bonchev–Trinajstić information content (AvgIpc) is 2.29. The summed E-state index contributed by atoms with van der Waals surface area (Å²) in [6.07, 6.45) is 1.82. The molecular formula is C12H15NO2. The van der Waals surface area contributed by atoms with Crippen LogP contribution in [0.3, 0.4) is 0 Å². The van der Waals surface area contributed by atoms with Gasteiger partial charge in [0.25, 0.3) is 0 Å². The highest BCUT2D eigenvalue weighted by molar-refractivity contribution is 5.57. The molecule has 1 N–H and O–H groups in total. The maximum Gasteiger partial charge on any atom is 0.143 e. The molecule has 80 valence electrons. The lowest BCUT2D eigenvalue weighted by atomic mass is 10.2. The van der Waals surface area contributed by atoms with Gasteiger partial charge < -0.3 is 14.8 Å². The maximum absolute atomic E-state index is 5.76. The second kappa shape index (κ2) is 4.84. The Balaban J connectivity index is 1.91. The standard InChI is InChI=1S/C12H15NO2/c1-2-7-14-9-10-8-13-11-5-3-4-6-12(11)15-10/h2-6,10,13H,1,7-9H2/t10-/m0/s1. The van der Waals surface area contributed by atoms with E-state index in [0.29, 0.717) is 13.2 Å². The SMILES string of the molecule is C=CCOC[C@@H]1CNc2ccccc2O1. The zero-order chi connectivity index (χ0) is 10.5. The second-order valence-corrected chi connectivity index (χ2v) is 3.44. The molecule has 0 bridgehead atoms. The highest BCUT2D eigenvalue weighted by atomic mass is 16.5. The summed E-state index contributed by atoms with van der Waals surface area (Å²) in [7, 11) is 0. The van der Waals surface area contributed by atoms with Crippen molar-refractivity contribution in [2.45, 2.75) is 6.10 Å². The Morgan fingerprint density at radius 2 is 2.40 bits per heavy atom. The summed E-state index contributed by atoms with van der Waals surface area (Å²) in [4.78, 5) is 0. The number of ether oxygens (including phenoxy) is 2. The Labute approximate surface area is 89.7 Å². The molecule has 1 atom stereocenters. The van der Waals surface area contributed by atoms with Crippen molar-refractivity contribution in [3.63, 3.8) is 0 Å². The van der Waals surface area contributed by atoms with Crippen molar-refractivity contribution in [2.24, 2.45) is 0 Å². The summed E-state index contributed by atoms with van der Waals surface area (Å²) >= 11 is 0. The van der Waals surface area contributed by atoms with Gasteiger partial charge in [-0.1, -0.05) is 18.2 Å². The first kappa shape index (κ1) is 10.1. The number of anilines is 1. The van der Waals surface area contributed by atoms with Gasteiger partial charge in [-0.3, -0.25) is 0 Å². The zero-order valence-corrected chi connectivity index (χ0v) is 8.61. The van der Waals surface area contributed by atoms with E-state index >= 15 is 0 Å². The van der Waals surface area contributed by atoms with E-state index in [2.05, 4.69) is 11.9 Å². The number of fused-ring (bicyclic) bond motifs is 1. The van der Waals surface area contributed by atoms with Gasteiger partial charge in [-0.2, -0.15) is 0 Å². The molecule has 1 aliphatic heterocycles. The second-order valence-electron chi connectivity index (χ2n) is 3.44. The maximum atomic E-state index is 5.76. The van der Waals surface area contributed by atoms with Crippen LogP contribution < -0.4 is 10.1 Å². The van der Waals surface area contributed by atoms with E-state index in [1.807, 2.05) is 24.3 Å². The van der Waals surface area contributed by atoms with Gasteiger partial charge in [0.2, 0.25) is 0 Å². The van der Waals surface area contributed by atoms with Gasteiger partial charge in [0.1, 0.15) is 11.9 Å². The van der Waals surface area contributed by atoms with Crippen LogP contribution in [0.1, 0.15) is 0 Å². The van der Waals surface area contributed by atoms with Crippen LogP contribution in [0.4, 0.5) is 5.69 Å². The molecule has 1 aliphatic rings. The van der Waals surface area contributed by atoms with Crippen LogP contribution >= 0.6 is 0 Å². The third-order valence-electron chi connectivity index (χ3n) is 2.24. The lowest BCUT2D eigenvalue weighted by molar-refractivity contribution is 0.0675. The van der Waals surface area contributed by atoms with Gasteiger partial charge in [-0.05, 0) is 12.1 Å². The minimum absolute atomic E-state index is 0.0832. The molecule has 1 aromatic carbocycles. The normalized spacial score (nSPS) is 18.5. The fraction of sp³-hybridized carbons (Fsp3) is 0.333. The Bertz CT molecular complexity index is 338. The van der Waals surface area contributed by atoms with Gasteiger partial charge in [0, 0.05) is 0 Å². The highest BCUT2D eigenvalue weighted by Gasteiger charge is 2.18. The first-order valence-electron chi connectivity index (χ1n) is 5.08. The highest BCUT2D eigenvalue weighted by Crippen LogP contribution is 2.27. The number of rotatable bonds is 4. The fourth-order valence-electron chi connectivity index (χ4n) is 1.54. The molecule has 0 radical (unpaired) electrons. The van der Waals surface area contributed by atoms with Gasteiger partial charge in [-0.25, -0.2) is 0 Å². The molecule has 3 heteroatoms. The zero-order valence-electron chi connectivity index (χ0n) is 8.61. The molecular weight excluding hydrogens is 190 g/mol. The van der Waals surface area contributed by atoms with Crippen LogP contribution in [0.5, 0.6) is 5.75 Å². The molecule has 1 heterocycles. The average molecular weight is 205 g/mol. The van der Waals surface area contributed by atoms with E-state index in [9.17, 15) is 0 Å². The molecule has 3 nitrogen and oxygen atoms in total. The van der Waals surface area contributed by atoms with Crippen molar-refractivity contribution >= 4 is 5.69 Å². The topological polar surface area (TPSA) is 30.5 Å². The summed E-state index contributed by atoms with van der Waals surface area (Å²) in [6, 6.07) is 7.93. The van der Waals surface area contributed by atoms with E-state index < -0.39 is 0 Å². The molecule has 2 rings (SSSR count). The summed E-state index contributed by atoms with van der Waals surface area (Å²) in [5.74, 6) is 0.899. The monoisotopic (exact) mass is 205 g/mol. The van der Waals surface area contributed by atoms with Crippen LogP contribution in [-0.2, 0) is 4.74 Å². The number of benzene rings is 1. The van der Waals surface area contributed by atoms with Crippen LogP contribution in [0.2, 0.25) is 0 Å². The number of para-hydroxylation sites is 2. The molecule has 0 saturated carbocycles. The number of hydrogen-bond donors (Lipinski definition) is 1. The predicted molar refractivity (Wildman–Crippen MR) is 60.4 cm³/mol. The summed E-state index contributed by atoms with van der Waals surface area (Å²) < 4.78 is 11.1. The van der Waals surface area contributed by atoms with Crippen molar-refractivity contribution in [2.75, 3.05) is 25.1 Å². The van der Waals surface area contributed by atoms with Gasteiger partial charge in [-0.15, -0.1) is 6.58 Å². The summed E-state index contributed by atoms with van der Waals surface area (Å²) in [5, 5.41) is 3.31. The van der Waals surface area contributed by atoms with Crippen molar-refractivity contribution in [3.05, 3.63) is 36.9 Å².